The number of urea groups is 1. The maximum absolute atomic E-state index is 12.6. The second kappa shape index (κ2) is 7.02. The van der Waals surface area contributed by atoms with Crippen molar-refractivity contribution < 1.29 is 9.59 Å². The first-order chi connectivity index (χ1) is 11.2. The van der Waals surface area contributed by atoms with Crippen LogP contribution in [0.1, 0.15) is 39.0 Å². The molecule has 3 amide bonds. The summed E-state index contributed by atoms with van der Waals surface area (Å²) in [6, 6.07) is 9.87. The summed E-state index contributed by atoms with van der Waals surface area (Å²) in [7, 11) is 0. The van der Waals surface area contributed by atoms with E-state index in [0.717, 1.165) is 31.5 Å². The largest absolute Gasteiger partial charge is 0.333 e. The average Bonchev–Trinajstić information content (AvgIpc) is 2.95. The number of nitrogens with one attached hydrogen (secondary N) is 1. The SMILES string of the molecule is CC[C@@H]1CCCCN1C(=O)N[C@H]1CC(=O)N(c2ccccc2)C1. The molecule has 2 aliphatic heterocycles. The molecule has 0 aromatic heterocycles. The van der Waals surface area contributed by atoms with Gasteiger partial charge in [0.05, 0.1) is 6.04 Å². The summed E-state index contributed by atoms with van der Waals surface area (Å²) in [6.07, 6.45) is 4.73. The lowest BCUT2D eigenvalue weighted by atomic mass is 10.0. The van der Waals surface area contributed by atoms with E-state index in [9.17, 15) is 9.59 Å². The highest BCUT2D eigenvalue weighted by Crippen LogP contribution is 2.23. The number of carbonyl (C=O) groups is 2. The Kier molecular flexibility index (Phi) is 4.84. The van der Waals surface area contributed by atoms with E-state index in [1.807, 2.05) is 35.2 Å². The molecule has 1 aromatic carbocycles. The highest BCUT2D eigenvalue weighted by Gasteiger charge is 2.33. The summed E-state index contributed by atoms with van der Waals surface area (Å²) in [5, 5.41) is 3.07. The summed E-state index contributed by atoms with van der Waals surface area (Å²) in [4.78, 5) is 28.5. The maximum Gasteiger partial charge on any atom is 0.317 e. The molecular weight excluding hydrogens is 290 g/mol. The topological polar surface area (TPSA) is 52.7 Å². The predicted octanol–water partition coefficient (Wildman–Crippen LogP) is 2.77. The zero-order valence-electron chi connectivity index (χ0n) is 13.7. The number of nitrogens with zero attached hydrogens (tertiary/aromatic N) is 2. The molecule has 2 heterocycles. The van der Waals surface area contributed by atoms with Crippen molar-refractivity contribution in [3.8, 4) is 0 Å². The molecule has 5 nitrogen and oxygen atoms in total. The van der Waals surface area contributed by atoms with Crippen LogP contribution in [0.25, 0.3) is 0 Å². The van der Waals surface area contributed by atoms with Crippen LogP contribution in [0.3, 0.4) is 0 Å². The Balaban J connectivity index is 1.60. The number of anilines is 1. The fraction of sp³-hybridized carbons (Fsp3) is 0.556. The van der Waals surface area contributed by atoms with Crippen LogP contribution in [0.2, 0.25) is 0 Å². The van der Waals surface area contributed by atoms with E-state index in [2.05, 4.69) is 12.2 Å². The second-order valence-electron chi connectivity index (χ2n) is 6.44. The molecule has 0 saturated carbocycles. The third-order valence-corrected chi connectivity index (χ3v) is 4.88. The van der Waals surface area contributed by atoms with Crippen molar-refractivity contribution >= 4 is 17.6 Å². The van der Waals surface area contributed by atoms with Gasteiger partial charge in [-0.3, -0.25) is 4.79 Å². The van der Waals surface area contributed by atoms with Crippen LogP contribution in [0.4, 0.5) is 10.5 Å². The summed E-state index contributed by atoms with van der Waals surface area (Å²) < 4.78 is 0. The fourth-order valence-electron chi connectivity index (χ4n) is 3.61. The molecule has 3 rings (SSSR count). The molecule has 0 aliphatic carbocycles. The minimum Gasteiger partial charge on any atom is -0.333 e. The normalized spacial score (nSPS) is 24.8. The summed E-state index contributed by atoms with van der Waals surface area (Å²) >= 11 is 0. The lowest BCUT2D eigenvalue weighted by molar-refractivity contribution is -0.117. The van der Waals surface area contributed by atoms with Crippen LogP contribution in [0.5, 0.6) is 0 Å². The Morgan fingerprint density at radius 2 is 2.04 bits per heavy atom. The van der Waals surface area contributed by atoms with Gasteiger partial charge in [0.1, 0.15) is 0 Å². The van der Waals surface area contributed by atoms with E-state index < -0.39 is 0 Å². The van der Waals surface area contributed by atoms with Crippen LogP contribution in [0, 0.1) is 0 Å². The van der Waals surface area contributed by atoms with Crippen molar-refractivity contribution in [3.05, 3.63) is 30.3 Å². The van der Waals surface area contributed by atoms with Crippen LogP contribution in [-0.4, -0.2) is 42.0 Å². The minimum atomic E-state index is -0.102. The third kappa shape index (κ3) is 3.49. The molecule has 1 aromatic rings. The first kappa shape index (κ1) is 15.8. The van der Waals surface area contributed by atoms with Crippen molar-refractivity contribution in [2.45, 2.75) is 51.1 Å². The highest BCUT2D eigenvalue weighted by atomic mass is 16.2. The Bertz CT molecular complexity index is 561. The van der Waals surface area contributed by atoms with E-state index in [1.165, 1.54) is 6.42 Å². The third-order valence-electron chi connectivity index (χ3n) is 4.88. The molecule has 5 heteroatoms. The van der Waals surface area contributed by atoms with Gasteiger partial charge in [-0.05, 0) is 37.8 Å². The maximum atomic E-state index is 12.6. The van der Waals surface area contributed by atoms with E-state index in [1.54, 1.807) is 4.90 Å². The van der Waals surface area contributed by atoms with Gasteiger partial charge < -0.3 is 15.1 Å². The number of hydrogen-bond acceptors (Lipinski definition) is 2. The van der Waals surface area contributed by atoms with Crippen molar-refractivity contribution in [3.63, 3.8) is 0 Å². The van der Waals surface area contributed by atoms with Gasteiger partial charge in [-0.15, -0.1) is 0 Å². The number of para-hydroxylation sites is 1. The predicted molar refractivity (Wildman–Crippen MR) is 90.4 cm³/mol. The van der Waals surface area contributed by atoms with Gasteiger partial charge in [-0.1, -0.05) is 25.1 Å². The summed E-state index contributed by atoms with van der Waals surface area (Å²) in [5.74, 6) is 0.0761. The van der Waals surface area contributed by atoms with E-state index in [0.29, 0.717) is 19.0 Å². The fourth-order valence-corrected chi connectivity index (χ4v) is 3.61. The number of likely N-dealkylation sites (tertiary alicyclic amines) is 1. The highest BCUT2D eigenvalue weighted by molar-refractivity contribution is 5.96. The Hall–Kier alpha value is -2.04. The van der Waals surface area contributed by atoms with Crippen molar-refractivity contribution in [1.29, 1.82) is 0 Å². The van der Waals surface area contributed by atoms with Crippen LogP contribution in [0.15, 0.2) is 30.3 Å². The summed E-state index contributed by atoms with van der Waals surface area (Å²) in [6.45, 7) is 3.51. The molecule has 23 heavy (non-hydrogen) atoms. The lowest BCUT2D eigenvalue weighted by Crippen LogP contribution is -2.51. The van der Waals surface area contributed by atoms with E-state index in [-0.39, 0.29) is 18.0 Å². The molecule has 0 bridgehead atoms. The molecule has 0 unspecified atom stereocenters. The van der Waals surface area contributed by atoms with E-state index in [4.69, 9.17) is 0 Å². The zero-order chi connectivity index (χ0) is 16.2. The van der Waals surface area contributed by atoms with Crippen LogP contribution >= 0.6 is 0 Å². The number of benzene rings is 1. The Morgan fingerprint density at radius 3 is 2.78 bits per heavy atom. The van der Waals surface area contributed by atoms with Crippen LogP contribution in [-0.2, 0) is 4.79 Å². The summed E-state index contributed by atoms with van der Waals surface area (Å²) in [5.41, 5.74) is 0.902. The van der Waals surface area contributed by atoms with E-state index >= 15 is 0 Å². The first-order valence-electron chi connectivity index (χ1n) is 8.61. The Morgan fingerprint density at radius 1 is 1.26 bits per heavy atom. The quantitative estimate of drug-likeness (QED) is 0.932. The first-order valence-corrected chi connectivity index (χ1v) is 8.61. The zero-order valence-corrected chi connectivity index (χ0v) is 13.7. The van der Waals surface area contributed by atoms with Gasteiger partial charge in [0.15, 0.2) is 0 Å². The molecule has 2 atom stereocenters. The second-order valence-corrected chi connectivity index (χ2v) is 6.44. The number of carbonyl (C=O) groups excluding carboxylic acids is 2. The van der Waals surface area contributed by atoms with Gasteiger partial charge in [0, 0.05) is 31.2 Å². The average molecular weight is 315 g/mol. The number of amides is 3. The molecule has 0 spiro atoms. The minimum absolute atomic E-state index is 0.00994. The lowest BCUT2D eigenvalue weighted by Gasteiger charge is -2.35. The van der Waals surface area contributed by atoms with Crippen molar-refractivity contribution in [1.82, 2.24) is 10.2 Å². The van der Waals surface area contributed by atoms with Gasteiger partial charge in [0.2, 0.25) is 5.91 Å². The molecule has 2 fully saturated rings. The van der Waals surface area contributed by atoms with Gasteiger partial charge in [0.25, 0.3) is 0 Å². The van der Waals surface area contributed by atoms with Crippen LogP contribution < -0.4 is 10.2 Å². The standard InChI is InChI=1S/C18H25N3O2/c1-2-15-8-6-7-11-20(15)18(23)19-14-12-17(22)21(13-14)16-9-4-3-5-10-16/h3-5,9-10,14-15H,2,6-8,11-13H2,1H3,(H,19,23)/t14-,15+/m0/s1. The van der Waals surface area contributed by atoms with Gasteiger partial charge in [-0.25, -0.2) is 4.79 Å². The van der Waals surface area contributed by atoms with Gasteiger partial charge >= 0.3 is 6.03 Å². The Labute approximate surface area is 137 Å². The van der Waals surface area contributed by atoms with Crippen molar-refractivity contribution in [2.75, 3.05) is 18.0 Å². The molecular formula is C18H25N3O2. The monoisotopic (exact) mass is 315 g/mol. The number of hydrogen-bond donors (Lipinski definition) is 1. The van der Waals surface area contributed by atoms with Crippen molar-refractivity contribution in [2.24, 2.45) is 0 Å². The number of rotatable bonds is 3. The smallest absolute Gasteiger partial charge is 0.317 e. The van der Waals surface area contributed by atoms with Gasteiger partial charge in [-0.2, -0.15) is 0 Å². The molecule has 1 N–H and O–H groups in total. The molecule has 2 saturated heterocycles. The molecule has 124 valence electrons. The molecule has 0 radical (unpaired) electrons. The molecule has 2 aliphatic rings. The number of piperidine rings is 1.